The fraction of sp³-hybridized carbons (Fsp3) is 0.897. The predicted molar refractivity (Wildman–Crippen MR) is 212 cm³/mol. The number of H-pyrrole nitrogens is 1. The Morgan fingerprint density at radius 2 is 1.14 bits per heavy atom. The van der Waals surface area contributed by atoms with Crippen LogP contribution in [0.2, 0.25) is 36.3 Å². The van der Waals surface area contributed by atoms with E-state index in [-0.39, 0.29) is 22.3 Å². The number of hydrogen-bond donors (Lipinski definition) is 2. The van der Waals surface area contributed by atoms with Gasteiger partial charge in [-0.25, -0.2) is 4.79 Å². The molecule has 0 aliphatic carbocycles. The normalized spacial score (nSPS) is 20.7. The van der Waals surface area contributed by atoms with Crippen LogP contribution in [0.15, 0.2) is 21.9 Å². The average molecular weight is 724 g/mol. The fourth-order valence-electron chi connectivity index (χ4n) is 6.07. The van der Waals surface area contributed by atoms with Gasteiger partial charge in [0.15, 0.2) is 22.9 Å². The maximum Gasteiger partial charge on any atom is 0.330 e. The molecule has 0 saturated carbocycles. The summed E-state index contributed by atoms with van der Waals surface area (Å²) in [6.45, 7) is 26.2. The number of aromatic nitrogens is 2. The molecule has 1 fully saturated rings. The van der Waals surface area contributed by atoms with Gasteiger partial charge in [0.2, 0.25) is 0 Å². The van der Waals surface area contributed by atoms with E-state index in [0.717, 1.165) is 13.0 Å². The third kappa shape index (κ3) is 14.8. The summed E-state index contributed by atoms with van der Waals surface area (Å²) in [5, 5.41) is 3.61. The van der Waals surface area contributed by atoms with E-state index in [1.165, 1.54) is 113 Å². The first-order valence-electron chi connectivity index (χ1n) is 19.9. The first kappa shape index (κ1) is 44.1. The molecule has 0 spiro atoms. The molecule has 2 rings (SSSR count). The lowest BCUT2D eigenvalue weighted by molar-refractivity contribution is -0.0357. The van der Waals surface area contributed by atoms with Gasteiger partial charge in [-0.15, -0.1) is 0 Å². The monoisotopic (exact) mass is 724 g/mol. The molecule has 0 aromatic carbocycles. The van der Waals surface area contributed by atoms with Crippen LogP contribution in [0.3, 0.4) is 0 Å². The Morgan fingerprint density at radius 3 is 1.57 bits per heavy atom. The minimum atomic E-state index is -2.30. The highest BCUT2D eigenvalue weighted by Crippen LogP contribution is 2.45. The van der Waals surface area contributed by atoms with Gasteiger partial charge in [-0.05, 0) is 49.2 Å². The zero-order chi connectivity index (χ0) is 36.7. The molecule has 0 bridgehead atoms. The van der Waals surface area contributed by atoms with Gasteiger partial charge in [-0.2, -0.15) is 0 Å². The van der Waals surface area contributed by atoms with E-state index in [2.05, 4.69) is 85.0 Å². The van der Waals surface area contributed by atoms with E-state index in [1.807, 2.05) is 0 Å². The first-order chi connectivity index (χ1) is 22.9. The summed E-state index contributed by atoms with van der Waals surface area (Å²) in [4.78, 5) is 27.4. The fourth-order valence-corrected chi connectivity index (χ4v) is 8.67. The molecule has 0 unspecified atom stereocenters. The Kier molecular flexibility index (Phi) is 18.8. The SMILES string of the molecule is CCCCCCCCCCCCCCCCCCNC[C@H]1O[C@@H](n2ccc(=O)[nH]c2=O)[C@H](O[Si](C)(C)C(C)(C)C)[C@@H]1O[Si](C)(C)C(C)(C)C. The number of nitrogens with zero attached hydrogens (tertiary/aromatic N) is 1. The summed E-state index contributed by atoms with van der Waals surface area (Å²) < 4.78 is 22.4. The van der Waals surface area contributed by atoms with Crippen LogP contribution in [0.1, 0.15) is 157 Å². The number of hydrogen-bond acceptors (Lipinski definition) is 6. The topological polar surface area (TPSA) is 94.6 Å². The standard InChI is InChI=1S/C39H77N3O5Si2/c1-12-13-14-15-16-17-18-19-20-21-22-23-24-25-26-27-29-40-31-32-34(46-48(8,9)38(2,3)4)35(47-49(10,11)39(5,6)7)36(45-32)42-30-28-33(43)41-37(42)44/h28,30,32,34-36,40H,12-27,29,31H2,1-11H3,(H,41,43,44)/t32-,34-,35-,36-/m1/s1. The van der Waals surface area contributed by atoms with Crippen LogP contribution in [0.5, 0.6) is 0 Å². The minimum absolute atomic E-state index is 0.00698. The maximum absolute atomic E-state index is 13.1. The molecule has 0 amide bonds. The zero-order valence-corrected chi connectivity index (χ0v) is 35.7. The Balaban J connectivity index is 1.93. The molecule has 2 heterocycles. The van der Waals surface area contributed by atoms with Crippen LogP contribution in [-0.4, -0.2) is 57.6 Å². The lowest BCUT2D eigenvalue weighted by atomic mass is 10.0. The molecule has 49 heavy (non-hydrogen) atoms. The second-order valence-electron chi connectivity index (χ2n) is 17.8. The third-order valence-corrected chi connectivity index (χ3v) is 20.4. The molecule has 4 atom stereocenters. The Bertz CT molecular complexity index is 1170. The maximum atomic E-state index is 13.1. The van der Waals surface area contributed by atoms with Crippen molar-refractivity contribution in [1.82, 2.24) is 14.9 Å². The molecule has 1 aliphatic rings. The summed E-state index contributed by atoms with van der Waals surface area (Å²) in [5.74, 6) is 0. The van der Waals surface area contributed by atoms with Crippen molar-refractivity contribution in [3.8, 4) is 0 Å². The van der Waals surface area contributed by atoms with Crippen LogP contribution in [0.25, 0.3) is 0 Å². The van der Waals surface area contributed by atoms with E-state index in [0.29, 0.717) is 6.54 Å². The molecule has 1 aromatic rings. The number of nitrogens with one attached hydrogen (secondary N) is 2. The molecule has 1 saturated heterocycles. The van der Waals surface area contributed by atoms with Crippen molar-refractivity contribution in [2.45, 2.75) is 212 Å². The van der Waals surface area contributed by atoms with Gasteiger partial charge in [0.25, 0.3) is 5.56 Å². The first-order valence-corrected chi connectivity index (χ1v) is 25.8. The largest absolute Gasteiger partial charge is 0.408 e. The van der Waals surface area contributed by atoms with Gasteiger partial charge in [0, 0.05) is 18.8 Å². The summed E-state index contributed by atoms with van der Waals surface area (Å²) in [7, 11) is -4.54. The average Bonchev–Trinajstić information content (AvgIpc) is 3.30. The van der Waals surface area contributed by atoms with Crippen LogP contribution >= 0.6 is 0 Å². The van der Waals surface area contributed by atoms with Crippen molar-refractivity contribution in [3.05, 3.63) is 33.1 Å². The van der Waals surface area contributed by atoms with Gasteiger partial charge in [0.1, 0.15) is 18.3 Å². The van der Waals surface area contributed by atoms with Crippen LogP contribution in [0, 0.1) is 0 Å². The van der Waals surface area contributed by atoms with E-state index in [4.69, 9.17) is 13.6 Å². The molecule has 8 nitrogen and oxygen atoms in total. The second-order valence-corrected chi connectivity index (χ2v) is 27.3. The van der Waals surface area contributed by atoms with E-state index >= 15 is 0 Å². The molecule has 10 heteroatoms. The molecule has 1 aliphatic heterocycles. The van der Waals surface area contributed by atoms with Gasteiger partial charge in [-0.1, -0.05) is 145 Å². The highest BCUT2D eigenvalue weighted by molar-refractivity contribution is 6.74. The van der Waals surface area contributed by atoms with E-state index < -0.39 is 40.2 Å². The van der Waals surface area contributed by atoms with Crippen molar-refractivity contribution in [1.29, 1.82) is 0 Å². The number of unbranched alkanes of at least 4 members (excludes halogenated alkanes) is 15. The van der Waals surface area contributed by atoms with E-state index in [9.17, 15) is 9.59 Å². The van der Waals surface area contributed by atoms with Crippen molar-refractivity contribution in [2.24, 2.45) is 0 Å². The van der Waals surface area contributed by atoms with Gasteiger partial charge in [0.05, 0.1) is 0 Å². The van der Waals surface area contributed by atoms with Gasteiger partial charge in [-0.3, -0.25) is 14.3 Å². The molecule has 1 aromatic heterocycles. The Hall–Kier alpha value is -1.05. The van der Waals surface area contributed by atoms with E-state index in [1.54, 1.807) is 0 Å². The minimum Gasteiger partial charge on any atom is -0.408 e. The van der Waals surface area contributed by atoms with Crippen molar-refractivity contribution >= 4 is 16.6 Å². The Morgan fingerprint density at radius 1 is 0.714 bits per heavy atom. The van der Waals surface area contributed by atoms with Gasteiger partial charge < -0.3 is 18.9 Å². The number of aromatic amines is 1. The smallest absolute Gasteiger partial charge is 0.330 e. The highest BCUT2D eigenvalue weighted by Gasteiger charge is 2.54. The summed E-state index contributed by atoms with van der Waals surface area (Å²) in [6.07, 6.45) is 21.5. The van der Waals surface area contributed by atoms with Crippen LogP contribution in [-0.2, 0) is 13.6 Å². The lowest BCUT2D eigenvalue weighted by Gasteiger charge is -2.44. The quantitative estimate of drug-likeness (QED) is 0.0815. The third-order valence-electron chi connectivity index (χ3n) is 11.4. The van der Waals surface area contributed by atoms with Gasteiger partial charge >= 0.3 is 5.69 Å². The lowest BCUT2D eigenvalue weighted by Crippen LogP contribution is -2.54. The predicted octanol–water partition coefficient (Wildman–Crippen LogP) is 10.1. The molecule has 0 radical (unpaired) electrons. The Labute approximate surface area is 302 Å². The van der Waals surface area contributed by atoms with Crippen molar-refractivity contribution in [3.63, 3.8) is 0 Å². The molecule has 2 N–H and O–H groups in total. The molecular weight excluding hydrogens is 647 g/mol. The molecule has 286 valence electrons. The summed E-state index contributed by atoms with van der Waals surface area (Å²) in [5.41, 5.74) is -0.915. The second kappa shape index (κ2) is 20.9. The van der Waals surface area contributed by atoms with Crippen molar-refractivity contribution < 1.29 is 13.6 Å². The summed E-state index contributed by atoms with van der Waals surface area (Å²) in [6, 6.07) is 1.38. The highest BCUT2D eigenvalue weighted by atomic mass is 28.4. The van der Waals surface area contributed by atoms with Crippen LogP contribution in [0.4, 0.5) is 0 Å². The molecular formula is C39H77N3O5Si2. The number of rotatable bonds is 24. The zero-order valence-electron chi connectivity index (χ0n) is 33.7. The number of ether oxygens (including phenoxy) is 1. The summed E-state index contributed by atoms with van der Waals surface area (Å²) >= 11 is 0. The van der Waals surface area contributed by atoms with Crippen molar-refractivity contribution in [2.75, 3.05) is 13.1 Å². The van der Waals surface area contributed by atoms with Crippen LogP contribution < -0.4 is 16.6 Å².